The fraction of sp³-hybridized carbons (Fsp3) is 0.190. The van der Waals surface area contributed by atoms with Crippen LogP contribution in [0.3, 0.4) is 0 Å². The molecule has 0 atom stereocenters. The highest BCUT2D eigenvalue weighted by Crippen LogP contribution is 2.28. The van der Waals surface area contributed by atoms with Crippen molar-refractivity contribution < 1.29 is 14.3 Å². The number of H-pyrrole nitrogens is 1. The summed E-state index contributed by atoms with van der Waals surface area (Å²) < 4.78 is 10.8. The summed E-state index contributed by atoms with van der Waals surface area (Å²) in [7, 11) is 1.53. The number of likely N-dealkylation sites (N-methyl/N-ethyl adjacent to an activating group) is 1. The van der Waals surface area contributed by atoms with Crippen LogP contribution in [0.2, 0.25) is 0 Å². The molecular weight excluding hydrogens is 358 g/mol. The molecular formula is C21H21N3O4. The molecule has 144 valence electrons. The Hall–Kier alpha value is -3.61. The molecule has 0 aliphatic heterocycles. The average Bonchev–Trinajstić information content (AvgIpc) is 2.71. The molecule has 0 unspecified atom stereocenters. The van der Waals surface area contributed by atoms with Crippen LogP contribution in [0.1, 0.15) is 18.2 Å². The summed E-state index contributed by atoms with van der Waals surface area (Å²) in [6, 6.07) is 12.6. The first-order valence-corrected chi connectivity index (χ1v) is 8.85. The molecule has 0 fully saturated rings. The Kier molecular flexibility index (Phi) is 6.06. The van der Waals surface area contributed by atoms with Gasteiger partial charge in [0.25, 0.3) is 11.5 Å². The zero-order valence-electron chi connectivity index (χ0n) is 15.7. The Morgan fingerprint density at radius 1 is 1.18 bits per heavy atom. The van der Waals surface area contributed by atoms with E-state index in [2.05, 4.69) is 15.3 Å². The van der Waals surface area contributed by atoms with Crippen molar-refractivity contribution in [3.63, 3.8) is 0 Å². The largest absolute Gasteiger partial charge is 0.493 e. The third-order valence-electron chi connectivity index (χ3n) is 3.98. The Labute approximate surface area is 162 Å². The number of ether oxygens (including phenoxy) is 2. The molecule has 0 saturated heterocycles. The maximum absolute atomic E-state index is 12.2. The average molecular weight is 379 g/mol. The van der Waals surface area contributed by atoms with Crippen molar-refractivity contribution in [3.05, 3.63) is 64.1 Å². The van der Waals surface area contributed by atoms with E-state index in [1.54, 1.807) is 30.4 Å². The van der Waals surface area contributed by atoms with Gasteiger partial charge in [-0.3, -0.25) is 9.59 Å². The first kappa shape index (κ1) is 19.2. The molecule has 2 aromatic carbocycles. The molecule has 0 aliphatic rings. The number of aromatic nitrogens is 2. The number of carbonyl (C=O) groups excluding carboxylic acids is 1. The summed E-state index contributed by atoms with van der Waals surface area (Å²) >= 11 is 0. The van der Waals surface area contributed by atoms with Crippen LogP contribution < -0.4 is 20.3 Å². The fourth-order valence-corrected chi connectivity index (χ4v) is 2.63. The summed E-state index contributed by atoms with van der Waals surface area (Å²) in [6.45, 7) is 2.30. The van der Waals surface area contributed by atoms with E-state index in [9.17, 15) is 9.59 Å². The van der Waals surface area contributed by atoms with Crippen LogP contribution in [0, 0.1) is 0 Å². The SMILES string of the molecule is CCNC(=O)COc1ccc(/C=C/c2nc3ccccc3[nH]c2=O)cc1OC. The lowest BCUT2D eigenvalue weighted by Crippen LogP contribution is -2.28. The number of fused-ring (bicyclic) bond motifs is 1. The van der Waals surface area contributed by atoms with Crippen molar-refractivity contribution in [1.29, 1.82) is 0 Å². The van der Waals surface area contributed by atoms with Crippen molar-refractivity contribution in [2.24, 2.45) is 0 Å². The number of benzene rings is 2. The number of hydrogen-bond donors (Lipinski definition) is 2. The van der Waals surface area contributed by atoms with Gasteiger partial charge in [0.1, 0.15) is 5.69 Å². The van der Waals surface area contributed by atoms with E-state index in [4.69, 9.17) is 9.47 Å². The zero-order chi connectivity index (χ0) is 19.9. The van der Waals surface area contributed by atoms with Crippen LogP contribution in [0.4, 0.5) is 0 Å². The van der Waals surface area contributed by atoms with Crippen molar-refractivity contribution in [1.82, 2.24) is 15.3 Å². The molecule has 0 aliphatic carbocycles. The lowest BCUT2D eigenvalue weighted by atomic mass is 10.1. The van der Waals surface area contributed by atoms with Gasteiger partial charge in [-0.05, 0) is 42.8 Å². The summed E-state index contributed by atoms with van der Waals surface area (Å²) in [4.78, 5) is 30.9. The van der Waals surface area contributed by atoms with E-state index in [-0.39, 0.29) is 18.1 Å². The molecule has 1 aromatic heterocycles. The van der Waals surface area contributed by atoms with E-state index in [0.717, 1.165) is 5.56 Å². The lowest BCUT2D eigenvalue weighted by Gasteiger charge is -2.11. The predicted octanol–water partition coefficient (Wildman–Crippen LogP) is 2.62. The minimum Gasteiger partial charge on any atom is -0.493 e. The van der Waals surface area contributed by atoms with Gasteiger partial charge in [0.05, 0.1) is 18.1 Å². The highest BCUT2D eigenvalue weighted by molar-refractivity contribution is 5.78. The third-order valence-corrected chi connectivity index (χ3v) is 3.98. The van der Waals surface area contributed by atoms with Crippen molar-refractivity contribution in [3.8, 4) is 11.5 Å². The predicted molar refractivity (Wildman–Crippen MR) is 108 cm³/mol. The van der Waals surface area contributed by atoms with Crippen LogP contribution in [-0.4, -0.2) is 36.1 Å². The van der Waals surface area contributed by atoms with E-state index in [1.165, 1.54) is 7.11 Å². The molecule has 0 saturated carbocycles. The number of aromatic amines is 1. The van der Waals surface area contributed by atoms with Crippen LogP contribution in [0.15, 0.2) is 47.3 Å². The number of amides is 1. The van der Waals surface area contributed by atoms with Gasteiger partial charge in [-0.2, -0.15) is 0 Å². The molecule has 0 bridgehead atoms. The molecule has 1 amide bonds. The molecule has 1 heterocycles. The van der Waals surface area contributed by atoms with E-state index < -0.39 is 0 Å². The Morgan fingerprint density at radius 3 is 2.79 bits per heavy atom. The molecule has 28 heavy (non-hydrogen) atoms. The highest BCUT2D eigenvalue weighted by atomic mass is 16.5. The van der Waals surface area contributed by atoms with Gasteiger partial charge in [0, 0.05) is 6.54 Å². The minimum atomic E-state index is -0.260. The van der Waals surface area contributed by atoms with Gasteiger partial charge < -0.3 is 19.8 Å². The number of para-hydroxylation sites is 2. The van der Waals surface area contributed by atoms with Gasteiger partial charge in [-0.15, -0.1) is 0 Å². The summed E-state index contributed by atoms with van der Waals surface area (Å²) in [5.41, 5.74) is 2.27. The number of methoxy groups -OCH3 is 1. The number of rotatable bonds is 7. The smallest absolute Gasteiger partial charge is 0.274 e. The zero-order valence-corrected chi connectivity index (χ0v) is 15.7. The van der Waals surface area contributed by atoms with Crippen LogP contribution in [0.5, 0.6) is 11.5 Å². The topological polar surface area (TPSA) is 93.3 Å². The molecule has 3 rings (SSSR count). The molecule has 2 N–H and O–H groups in total. The first-order chi connectivity index (χ1) is 13.6. The normalized spacial score (nSPS) is 10.9. The highest BCUT2D eigenvalue weighted by Gasteiger charge is 2.08. The number of nitrogens with zero attached hydrogens (tertiary/aromatic N) is 1. The first-order valence-electron chi connectivity index (χ1n) is 8.85. The quantitative estimate of drug-likeness (QED) is 0.658. The van der Waals surface area contributed by atoms with E-state index in [0.29, 0.717) is 34.8 Å². The van der Waals surface area contributed by atoms with E-state index in [1.807, 2.05) is 31.2 Å². The standard InChI is InChI=1S/C21H21N3O4/c1-3-22-20(25)13-28-18-11-9-14(12-19(18)27-2)8-10-17-21(26)24-16-7-5-4-6-15(16)23-17/h4-12H,3,13H2,1-2H3,(H,22,25)(H,24,26)/b10-8+. The van der Waals surface area contributed by atoms with Crippen LogP contribution in [-0.2, 0) is 4.79 Å². The summed E-state index contributed by atoms with van der Waals surface area (Å²) in [5.74, 6) is 0.759. The van der Waals surface area contributed by atoms with Crippen LogP contribution in [0.25, 0.3) is 23.2 Å². The number of nitrogens with one attached hydrogen (secondary N) is 2. The fourth-order valence-electron chi connectivity index (χ4n) is 2.63. The van der Waals surface area contributed by atoms with E-state index >= 15 is 0 Å². The van der Waals surface area contributed by atoms with Crippen LogP contribution >= 0.6 is 0 Å². The Balaban J connectivity index is 1.80. The van der Waals surface area contributed by atoms with Crippen molar-refractivity contribution in [2.75, 3.05) is 20.3 Å². The second kappa shape index (κ2) is 8.85. The summed E-state index contributed by atoms with van der Waals surface area (Å²) in [6.07, 6.45) is 3.41. The summed E-state index contributed by atoms with van der Waals surface area (Å²) in [5, 5.41) is 2.67. The number of hydrogen-bond acceptors (Lipinski definition) is 5. The lowest BCUT2D eigenvalue weighted by molar-refractivity contribution is -0.123. The monoisotopic (exact) mass is 379 g/mol. The molecule has 7 heteroatoms. The van der Waals surface area contributed by atoms with Gasteiger partial charge in [-0.25, -0.2) is 4.98 Å². The molecule has 7 nitrogen and oxygen atoms in total. The minimum absolute atomic E-state index is 0.0875. The maximum Gasteiger partial charge on any atom is 0.274 e. The Morgan fingerprint density at radius 2 is 2.00 bits per heavy atom. The third kappa shape index (κ3) is 4.56. The molecule has 0 radical (unpaired) electrons. The van der Waals surface area contributed by atoms with Gasteiger partial charge in [0.15, 0.2) is 18.1 Å². The van der Waals surface area contributed by atoms with Crippen molar-refractivity contribution in [2.45, 2.75) is 6.92 Å². The Bertz CT molecular complexity index is 1070. The van der Waals surface area contributed by atoms with Gasteiger partial charge in [-0.1, -0.05) is 24.3 Å². The molecule has 0 spiro atoms. The van der Waals surface area contributed by atoms with Gasteiger partial charge >= 0.3 is 0 Å². The second-order valence-electron chi connectivity index (χ2n) is 5.95. The van der Waals surface area contributed by atoms with Crippen molar-refractivity contribution >= 4 is 29.1 Å². The molecule has 3 aromatic rings. The van der Waals surface area contributed by atoms with Gasteiger partial charge in [0.2, 0.25) is 0 Å². The maximum atomic E-state index is 12.2. The number of carbonyl (C=O) groups is 1. The second-order valence-corrected chi connectivity index (χ2v) is 5.95.